The molecular formula is C7H5F3N2O. The van der Waals surface area contributed by atoms with Crippen molar-refractivity contribution in [3.05, 3.63) is 35.1 Å². The van der Waals surface area contributed by atoms with Gasteiger partial charge in [0.2, 0.25) is 0 Å². The zero-order valence-corrected chi connectivity index (χ0v) is 6.26. The van der Waals surface area contributed by atoms with Crippen molar-refractivity contribution in [3.63, 3.8) is 0 Å². The molecule has 0 heterocycles. The van der Waals surface area contributed by atoms with Gasteiger partial charge in [-0.3, -0.25) is 0 Å². The van der Waals surface area contributed by atoms with E-state index in [1.165, 1.54) is 0 Å². The number of nitrogens with two attached hydrogens (primary N) is 1. The first-order chi connectivity index (χ1) is 6.06. The average molecular weight is 190 g/mol. The molecule has 3 nitrogen and oxygen atoms in total. The summed E-state index contributed by atoms with van der Waals surface area (Å²) in [5.41, 5.74) is 4.35. The van der Waals surface area contributed by atoms with Gasteiger partial charge in [-0.1, -0.05) is 5.16 Å². The lowest BCUT2D eigenvalue weighted by molar-refractivity contribution is 0.318. The Balaban J connectivity index is 3.37. The standard InChI is InChI=1S/C7H5F3N2O/c8-3-1-4(7(11)12-13)6(10)5(9)2-3/h1-2,13H,(H2,11,12). The molecule has 0 saturated heterocycles. The second-order valence-electron chi connectivity index (χ2n) is 2.23. The van der Waals surface area contributed by atoms with Gasteiger partial charge in [-0.05, 0) is 6.07 Å². The summed E-state index contributed by atoms with van der Waals surface area (Å²) in [5, 5.41) is 10.6. The molecule has 0 amide bonds. The molecule has 1 aromatic rings. The highest BCUT2D eigenvalue weighted by atomic mass is 19.2. The van der Waals surface area contributed by atoms with E-state index in [9.17, 15) is 13.2 Å². The summed E-state index contributed by atoms with van der Waals surface area (Å²) in [5.74, 6) is -4.42. The minimum Gasteiger partial charge on any atom is -0.409 e. The van der Waals surface area contributed by atoms with Crippen molar-refractivity contribution in [1.29, 1.82) is 0 Å². The predicted octanol–water partition coefficient (Wildman–Crippen LogP) is 1.20. The normalized spacial score (nSPS) is 11.8. The summed E-state index contributed by atoms with van der Waals surface area (Å²) in [6.07, 6.45) is 0. The van der Waals surface area contributed by atoms with Crippen LogP contribution in [0.15, 0.2) is 17.3 Å². The first kappa shape index (κ1) is 9.37. The Hall–Kier alpha value is -1.72. The number of hydrogen-bond acceptors (Lipinski definition) is 2. The highest BCUT2D eigenvalue weighted by molar-refractivity contribution is 5.97. The fraction of sp³-hybridized carbons (Fsp3) is 0. The van der Waals surface area contributed by atoms with Gasteiger partial charge < -0.3 is 10.9 Å². The fourth-order valence-electron chi connectivity index (χ4n) is 0.796. The lowest BCUT2D eigenvalue weighted by atomic mass is 10.2. The van der Waals surface area contributed by atoms with E-state index in [4.69, 9.17) is 10.9 Å². The summed E-state index contributed by atoms with van der Waals surface area (Å²) < 4.78 is 37.8. The van der Waals surface area contributed by atoms with Crippen LogP contribution in [0.3, 0.4) is 0 Å². The van der Waals surface area contributed by atoms with Crippen molar-refractivity contribution < 1.29 is 18.4 Å². The Morgan fingerprint density at radius 2 is 1.92 bits per heavy atom. The van der Waals surface area contributed by atoms with E-state index in [0.29, 0.717) is 12.1 Å². The van der Waals surface area contributed by atoms with Crippen LogP contribution in [0.5, 0.6) is 0 Å². The van der Waals surface area contributed by atoms with Gasteiger partial charge in [-0.15, -0.1) is 0 Å². The molecule has 0 saturated carbocycles. The molecule has 0 unspecified atom stereocenters. The fourth-order valence-corrected chi connectivity index (χ4v) is 0.796. The molecule has 3 N–H and O–H groups in total. The first-order valence-corrected chi connectivity index (χ1v) is 3.18. The van der Waals surface area contributed by atoms with Crippen molar-refractivity contribution in [2.45, 2.75) is 0 Å². The van der Waals surface area contributed by atoms with Crippen molar-refractivity contribution in [3.8, 4) is 0 Å². The lowest BCUT2D eigenvalue weighted by Crippen LogP contribution is -2.16. The maximum absolute atomic E-state index is 12.8. The molecule has 70 valence electrons. The molecule has 1 aromatic carbocycles. The van der Waals surface area contributed by atoms with Gasteiger partial charge in [-0.2, -0.15) is 0 Å². The van der Waals surface area contributed by atoms with Crippen LogP contribution in [0, 0.1) is 17.5 Å². The Kier molecular flexibility index (Phi) is 2.41. The van der Waals surface area contributed by atoms with E-state index in [1.807, 2.05) is 0 Å². The Morgan fingerprint density at radius 1 is 1.31 bits per heavy atom. The summed E-state index contributed by atoms with van der Waals surface area (Å²) >= 11 is 0. The van der Waals surface area contributed by atoms with Crippen LogP contribution in [-0.4, -0.2) is 11.0 Å². The molecule has 6 heteroatoms. The van der Waals surface area contributed by atoms with E-state index in [2.05, 4.69) is 5.16 Å². The molecule has 0 spiro atoms. The third-order valence-corrected chi connectivity index (χ3v) is 1.38. The maximum atomic E-state index is 12.8. The Labute approximate surface area is 71.3 Å². The molecular weight excluding hydrogens is 185 g/mol. The summed E-state index contributed by atoms with van der Waals surface area (Å²) in [4.78, 5) is 0. The van der Waals surface area contributed by atoms with Crippen LogP contribution in [0.1, 0.15) is 5.56 Å². The number of benzene rings is 1. The molecule has 0 aromatic heterocycles. The van der Waals surface area contributed by atoms with E-state index in [1.54, 1.807) is 0 Å². The van der Waals surface area contributed by atoms with E-state index >= 15 is 0 Å². The van der Waals surface area contributed by atoms with Crippen molar-refractivity contribution >= 4 is 5.84 Å². The minimum atomic E-state index is -1.39. The molecule has 1 rings (SSSR count). The monoisotopic (exact) mass is 190 g/mol. The third-order valence-electron chi connectivity index (χ3n) is 1.38. The average Bonchev–Trinajstić information content (AvgIpc) is 2.10. The molecule has 0 radical (unpaired) electrons. The molecule has 0 bridgehead atoms. The lowest BCUT2D eigenvalue weighted by Gasteiger charge is -2.01. The molecule has 13 heavy (non-hydrogen) atoms. The number of rotatable bonds is 1. The van der Waals surface area contributed by atoms with Gasteiger partial charge in [-0.25, -0.2) is 13.2 Å². The van der Waals surface area contributed by atoms with Gasteiger partial charge >= 0.3 is 0 Å². The zero-order chi connectivity index (χ0) is 10.0. The van der Waals surface area contributed by atoms with Crippen molar-refractivity contribution in [1.82, 2.24) is 0 Å². The molecule has 0 atom stereocenters. The molecule has 0 aliphatic rings. The van der Waals surface area contributed by atoms with Gasteiger partial charge in [0, 0.05) is 6.07 Å². The second-order valence-corrected chi connectivity index (χ2v) is 2.23. The van der Waals surface area contributed by atoms with E-state index in [0.717, 1.165) is 0 Å². The highest BCUT2D eigenvalue weighted by Crippen LogP contribution is 2.13. The summed E-state index contributed by atoms with van der Waals surface area (Å²) in [6.45, 7) is 0. The van der Waals surface area contributed by atoms with E-state index < -0.39 is 28.9 Å². The SMILES string of the molecule is NC(=NO)c1cc(F)cc(F)c1F. The zero-order valence-electron chi connectivity index (χ0n) is 6.26. The largest absolute Gasteiger partial charge is 0.409 e. The molecule has 0 aliphatic heterocycles. The predicted molar refractivity (Wildman–Crippen MR) is 38.8 cm³/mol. The van der Waals surface area contributed by atoms with Crippen LogP contribution in [-0.2, 0) is 0 Å². The maximum Gasteiger partial charge on any atom is 0.173 e. The first-order valence-electron chi connectivity index (χ1n) is 3.18. The van der Waals surface area contributed by atoms with Crippen LogP contribution in [0.2, 0.25) is 0 Å². The van der Waals surface area contributed by atoms with Crippen LogP contribution < -0.4 is 5.73 Å². The molecule has 0 fully saturated rings. The van der Waals surface area contributed by atoms with Gasteiger partial charge in [0.15, 0.2) is 17.5 Å². The van der Waals surface area contributed by atoms with Gasteiger partial charge in [0.05, 0.1) is 5.56 Å². The Bertz CT molecular complexity index is 365. The summed E-state index contributed by atoms with van der Waals surface area (Å²) in [6, 6.07) is 0.997. The van der Waals surface area contributed by atoms with Crippen LogP contribution in [0.25, 0.3) is 0 Å². The van der Waals surface area contributed by atoms with Gasteiger partial charge in [0.25, 0.3) is 0 Å². The number of halogens is 3. The van der Waals surface area contributed by atoms with Crippen molar-refractivity contribution in [2.24, 2.45) is 10.9 Å². The molecule has 0 aliphatic carbocycles. The second kappa shape index (κ2) is 3.34. The quantitative estimate of drug-likeness (QED) is 0.230. The van der Waals surface area contributed by atoms with Crippen LogP contribution >= 0.6 is 0 Å². The van der Waals surface area contributed by atoms with E-state index in [-0.39, 0.29) is 0 Å². The number of amidine groups is 1. The third kappa shape index (κ3) is 1.71. The number of nitrogens with zero attached hydrogens (tertiary/aromatic N) is 1. The number of hydrogen-bond donors (Lipinski definition) is 2. The highest BCUT2D eigenvalue weighted by Gasteiger charge is 2.13. The minimum absolute atomic E-state index is 0.365. The van der Waals surface area contributed by atoms with Crippen LogP contribution in [0.4, 0.5) is 13.2 Å². The summed E-state index contributed by atoms with van der Waals surface area (Å²) in [7, 11) is 0. The Morgan fingerprint density at radius 3 is 2.46 bits per heavy atom. The van der Waals surface area contributed by atoms with Crippen molar-refractivity contribution in [2.75, 3.05) is 0 Å². The smallest absolute Gasteiger partial charge is 0.173 e. The van der Waals surface area contributed by atoms with Gasteiger partial charge in [0.1, 0.15) is 5.82 Å². The number of oxime groups is 1. The topological polar surface area (TPSA) is 58.6 Å².